The predicted octanol–water partition coefficient (Wildman–Crippen LogP) is 3.33. The average Bonchev–Trinajstić information content (AvgIpc) is 3.55. The van der Waals surface area contributed by atoms with Crippen LogP contribution in [0.3, 0.4) is 0 Å². The Morgan fingerprint density at radius 3 is 2.74 bits per heavy atom. The molecule has 0 radical (unpaired) electrons. The van der Waals surface area contributed by atoms with Crippen LogP contribution in [0.1, 0.15) is 48.5 Å². The molecule has 0 N–H and O–H groups in total. The fraction of sp³-hybridized carbons (Fsp3) is 0.478. The summed E-state index contributed by atoms with van der Waals surface area (Å²) >= 11 is 1.68. The highest BCUT2D eigenvalue weighted by Crippen LogP contribution is 2.50. The van der Waals surface area contributed by atoms with Crippen molar-refractivity contribution in [2.24, 2.45) is 5.41 Å². The first-order valence-corrected chi connectivity index (χ1v) is 11.8. The second-order valence-corrected chi connectivity index (χ2v) is 9.95. The van der Waals surface area contributed by atoms with Gasteiger partial charge >= 0.3 is 0 Å². The molecule has 5 rings (SSSR count). The molecule has 0 bridgehead atoms. The first-order chi connectivity index (χ1) is 15.0. The Labute approximate surface area is 186 Å². The number of rotatable bonds is 6. The predicted molar refractivity (Wildman–Crippen MR) is 119 cm³/mol. The van der Waals surface area contributed by atoms with Gasteiger partial charge in [0, 0.05) is 68.3 Å². The van der Waals surface area contributed by atoms with Crippen molar-refractivity contribution >= 4 is 17.2 Å². The van der Waals surface area contributed by atoms with Crippen molar-refractivity contribution in [1.29, 1.82) is 0 Å². The number of likely N-dealkylation sites (tertiary alicyclic amines) is 2. The smallest absolute Gasteiger partial charge is 0.231 e. The van der Waals surface area contributed by atoms with Gasteiger partial charge in [0.15, 0.2) is 0 Å². The SMILES string of the molecule is CC(C)n1cnc([C@H]2CN(Cc3nccs3)C[C@@]23CCN(Cc2ccncc2)C3=O)c1. The zero-order chi connectivity index (χ0) is 21.4. The van der Waals surface area contributed by atoms with Crippen LogP contribution in [0, 0.1) is 5.41 Å². The lowest BCUT2D eigenvalue weighted by Gasteiger charge is -2.28. The van der Waals surface area contributed by atoms with E-state index in [1.54, 1.807) is 23.7 Å². The third-order valence-corrected chi connectivity index (χ3v) is 7.46. The summed E-state index contributed by atoms with van der Waals surface area (Å²) in [5.41, 5.74) is 1.74. The molecule has 7 nitrogen and oxygen atoms in total. The number of hydrogen-bond donors (Lipinski definition) is 0. The van der Waals surface area contributed by atoms with Crippen LogP contribution < -0.4 is 0 Å². The van der Waals surface area contributed by atoms with E-state index in [1.807, 2.05) is 34.9 Å². The number of pyridine rings is 1. The van der Waals surface area contributed by atoms with E-state index in [0.29, 0.717) is 12.6 Å². The zero-order valence-electron chi connectivity index (χ0n) is 18.0. The van der Waals surface area contributed by atoms with E-state index < -0.39 is 5.41 Å². The van der Waals surface area contributed by atoms with E-state index >= 15 is 0 Å². The van der Waals surface area contributed by atoms with Crippen molar-refractivity contribution in [1.82, 2.24) is 29.3 Å². The minimum absolute atomic E-state index is 0.0994. The van der Waals surface area contributed by atoms with Gasteiger partial charge < -0.3 is 9.47 Å². The number of amides is 1. The normalized spacial score (nSPS) is 24.2. The molecule has 5 heterocycles. The lowest BCUT2D eigenvalue weighted by atomic mass is 9.75. The molecule has 2 atom stereocenters. The van der Waals surface area contributed by atoms with Gasteiger partial charge in [0.2, 0.25) is 5.91 Å². The summed E-state index contributed by atoms with van der Waals surface area (Å²) in [5, 5.41) is 3.11. The Kier molecular flexibility index (Phi) is 5.35. The van der Waals surface area contributed by atoms with Crippen molar-refractivity contribution < 1.29 is 4.79 Å². The van der Waals surface area contributed by atoms with E-state index in [1.165, 1.54) is 0 Å². The molecular weight excluding hydrogens is 408 g/mol. The zero-order valence-corrected chi connectivity index (χ0v) is 18.8. The van der Waals surface area contributed by atoms with Crippen LogP contribution in [0.2, 0.25) is 0 Å². The number of aromatic nitrogens is 4. The van der Waals surface area contributed by atoms with Gasteiger partial charge in [-0.25, -0.2) is 9.97 Å². The van der Waals surface area contributed by atoms with Crippen LogP contribution in [0.25, 0.3) is 0 Å². The van der Waals surface area contributed by atoms with Crippen molar-refractivity contribution in [2.45, 2.75) is 45.3 Å². The summed E-state index contributed by atoms with van der Waals surface area (Å²) in [4.78, 5) is 31.6. The minimum atomic E-state index is -0.416. The monoisotopic (exact) mass is 436 g/mol. The van der Waals surface area contributed by atoms with Gasteiger partial charge in [-0.1, -0.05) is 0 Å². The third kappa shape index (κ3) is 3.78. The van der Waals surface area contributed by atoms with Crippen molar-refractivity contribution in [3.05, 3.63) is 64.9 Å². The highest BCUT2D eigenvalue weighted by Gasteiger charge is 2.57. The van der Waals surface area contributed by atoms with E-state index in [4.69, 9.17) is 4.98 Å². The maximum atomic E-state index is 13.8. The van der Waals surface area contributed by atoms with Crippen molar-refractivity contribution in [3.8, 4) is 0 Å². The second-order valence-electron chi connectivity index (χ2n) is 8.98. The van der Waals surface area contributed by atoms with Crippen LogP contribution in [-0.2, 0) is 17.9 Å². The lowest BCUT2D eigenvalue weighted by Crippen LogP contribution is -2.39. The van der Waals surface area contributed by atoms with E-state index in [9.17, 15) is 4.79 Å². The molecule has 0 saturated carbocycles. The van der Waals surface area contributed by atoms with Gasteiger partial charge in [-0.2, -0.15) is 0 Å². The summed E-state index contributed by atoms with van der Waals surface area (Å²) in [6.07, 6.45) is 10.3. The molecule has 31 heavy (non-hydrogen) atoms. The Hall–Kier alpha value is -2.58. The average molecular weight is 437 g/mol. The number of nitrogens with zero attached hydrogens (tertiary/aromatic N) is 6. The molecule has 0 aliphatic carbocycles. The van der Waals surface area contributed by atoms with E-state index in [0.717, 1.165) is 48.9 Å². The molecule has 8 heteroatoms. The van der Waals surface area contributed by atoms with Crippen LogP contribution in [0.15, 0.2) is 48.6 Å². The first kappa shape index (κ1) is 20.3. The van der Waals surface area contributed by atoms with Crippen LogP contribution in [0.5, 0.6) is 0 Å². The number of carbonyl (C=O) groups excluding carboxylic acids is 1. The maximum Gasteiger partial charge on any atom is 0.231 e. The van der Waals surface area contributed by atoms with Gasteiger partial charge in [0.1, 0.15) is 5.01 Å². The minimum Gasteiger partial charge on any atom is -0.338 e. The Morgan fingerprint density at radius 2 is 2.03 bits per heavy atom. The van der Waals surface area contributed by atoms with Crippen LogP contribution in [0.4, 0.5) is 0 Å². The molecule has 2 aliphatic heterocycles. The number of imidazole rings is 1. The van der Waals surface area contributed by atoms with Gasteiger partial charge in [0.25, 0.3) is 0 Å². The summed E-state index contributed by atoms with van der Waals surface area (Å²) < 4.78 is 2.14. The lowest BCUT2D eigenvalue weighted by molar-refractivity contribution is -0.136. The fourth-order valence-corrected chi connectivity index (χ4v) is 5.69. The van der Waals surface area contributed by atoms with Gasteiger partial charge in [0.05, 0.1) is 24.0 Å². The van der Waals surface area contributed by atoms with Crippen molar-refractivity contribution in [2.75, 3.05) is 19.6 Å². The van der Waals surface area contributed by atoms with Crippen LogP contribution >= 0.6 is 11.3 Å². The van der Waals surface area contributed by atoms with Gasteiger partial charge in [-0.15, -0.1) is 11.3 Å². The second kappa shape index (κ2) is 8.16. The van der Waals surface area contributed by atoms with Gasteiger partial charge in [-0.3, -0.25) is 14.7 Å². The standard InChI is InChI=1S/C23H28N6OS/c1-17(2)29-13-20(26-16-29)19-12-27(14-21-25-8-10-31-21)15-23(19)5-9-28(22(23)30)11-18-3-6-24-7-4-18/h3-4,6-8,10,13,16-17,19H,5,9,11-12,14-15H2,1-2H3/t19-,23+/m1/s1. The number of hydrogen-bond acceptors (Lipinski definition) is 6. The molecule has 1 spiro atoms. The summed E-state index contributed by atoms with van der Waals surface area (Å²) in [7, 11) is 0. The fourth-order valence-electron chi connectivity index (χ4n) is 5.03. The summed E-state index contributed by atoms with van der Waals surface area (Å²) in [6, 6.07) is 4.33. The largest absolute Gasteiger partial charge is 0.338 e. The first-order valence-electron chi connectivity index (χ1n) is 10.9. The number of thiazole rings is 1. The Balaban J connectivity index is 1.43. The molecule has 162 valence electrons. The molecule has 2 saturated heterocycles. The van der Waals surface area contributed by atoms with E-state index in [2.05, 4.69) is 39.5 Å². The third-order valence-electron chi connectivity index (χ3n) is 6.69. The molecule has 3 aromatic rings. The topological polar surface area (TPSA) is 67.2 Å². The summed E-state index contributed by atoms with van der Waals surface area (Å²) in [6.45, 7) is 8.12. The highest BCUT2D eigenvalue weighted by atomic mass is 32.1. The Morgan fingerprint density at radius 1 is 1.19 bits per heavy atom. The Bertz CT molecular complexity index is 1030. The molecule has 0 aromatic carbocycles. The molecular formula is C23H28N6OS. The molecule has 2 fully saturated rings. The summed E-state index contributed by atoms with van der Waals surface area (Å²) in [5.74, 6) is 0.359. The molecule has 1 amide bonds. The maximum absolute atomic E-state index is 13.8. The van der Waals surface area contributed by atoms with Crippen molar-refractivity contribution in [3.63, 3.8) is 0 Å². The highest BCUT2D eigenvalue weighted by molar-refractivity contribution is 7.09. The molecule has 2 aliphatic rings. The molecule has 0 unspecified atom stereocenters. The molecule has 3 aromatic heterocycles. The van der Waals surface area contributed by atoms with Crippen LogP contribution in [-0.4, -0.2) is 54.9 Å². The van der Waals surface area contributed by atoms with E-state index in [-0.39, 0.29) is 11.8 Å². The quantitative estimate of drug-likeness (QED) is 0.593. The number of carbonyl (C=O) groups is 1. The van der Waals surface area contributed by atoms with Gasteiger partial charge in [-0.05, 0) is 38.0 Å².